The fraction of sp³-hybridized carbons (Fsp3) is 0.571. The largest absolute Gasteiger partial charge is 0.508 e. The molecule has 1 rings (SSSR count). The highest BCUT2D eigenvalue weighted by Crippen LogP contribution is 2.24. The third-order valence-electron chi connectivity index (χ3n) is 2.93. The minimum atomic E-state index is 0.382. The summed E-state index contributed by atoms with van der Waals surface area (Å²) in [5.74, 6) is 0.946. The zero-order valence-electron chi connectivity index (χ0n) is 9.87. The lowest BCUT2D eigenvalue weighted by atomic mass is 9.95. The van der Waals surface area contributed by atoms with Gasteiger partial charge in [0.2, 0.25) is 0 Å². The van der Waals surface area contributed by atoms with Gasteiger partial charge in [-0.25, -0.2) is 0 Å². The van der Waals surface area contributed by atoms with Crippen LogP contribution in [0.1, 0.15) is 57.4 Å². The van der Waals surface area contributed by atoms with Crippen LogP contribution in [-0.4, -0.2) is 5.11 Å². The maximum atomic E-state index is 9.37. The number of benzene rings is 1. The first-order chi connectivity index (χ1) is 7.24. The summed E-state index contributed by atoms with van der Waals surface area (Å²) in [6, 6.07) is 7.63. The first-order valence-corrected chi connectivity index (χ1v) is 6.03. The smallest absolute Gasteiger partial charge is 0.115 e. The van der Waals surface area contributed by atoms with Crippen molar-refractivity contribution in [3.05, 3.63) is 29.8 Å². The molecule has 0 saturated heterocycles. The number of unbranched alkanes of at least 4 members (excludes halogenated alkanes) is 3. The third kappa shape index (κ3) is 4.37. The van der Waals surface area contributed by atoms with Crippen LogP contribution >= 0.6 is 0 Å². The summed E-state index contributed by atoms with van der Waals surface area (Å²) in [5.41, 5.74) is 1.26. The van der Waals surface area contributed by atoms with Crippen molar-refractivity contribution in [1.82, 2.24) is 0 Å². The van der Waals surface area contributed by atoms with Crippen LogP contribution in [0.4, 0.5) is 0 Å². The normalized spacial score (nSPS) is 12.7. The van der Waals surface area contributed by atoms with E-state index in [0.29, 0.717) is 11.7 Å². The molecule has 1 nitrogen and oxygen atoms in total. The standard InChI is InChI=1S/C14H22O/c1-3-4-5-6-8-12(2)13-9-7-10-14(15)11-13/h7,9-12,15H,3-6,8H2,1-2H3. The van der Waals surface area contributed by atoms with Crippen molar-refractivity contribution < 1.29 is 5.11 Å². The topological polar surface area (TPSA) is 20.2 Å². The molecule has 0 heterocycles. The fourth-order valence-electron chi connectivity index (χ4n) is 1.88. The first kappa shape index (κ1) is 12.1. The molecule has 84 valence electrons. The zero-order valence-corrected chi connectivity index (χ0v) is 9.87. The molecule has 1 aromatic carbocycles. The van der Waals surface area contributed by atoms with Gasteiger partial charge in [0.05, 0.1) is 0 Å². The van der Waals surface area contributed by atoms with Crippen LogP contribution < -0.4 is 0 Å². The first-order valence-electron chi connectivity index (χ1n) is 6.03. The van der Waals surface area contributed by atoms with Crippen LogP contribution in [0, 0.1) is 0 Å². The zero-order chi connectivity index (χ0) is 11.1. The van der Waals surface area contributed by atoms with E-state index in [1.165, 1.54) is 37.7 Å². The Bertz CT molecular complexity index is 280. The van der Waals surface area contributed by atoms with E-state index in [0.717, 1.165) is 0 Å². The number of hydrogen-bond donors (Lipinski definition) is 1. The van der Waals surface area contributed by atoms with Crippen molar-refractivity contribution in [2.75, 3.05) is 0 Å². The second-order valence-electron chi connectivity index (χ2n) is 4.35. The van der Waals surface area contributed by atoms with Gasteiger partial charge in [-0.1, -0.05) is 51.7 Å². The van der Waals surface area contributed by atoms with Crippen molar-refractivity contribution in [3.8, 4) is 5.75 Å². The fourth-order valence-corrected chi connectivity index (χ4v) is 1.88. The molecule has 1 N–H and O–H groups in total. The third-order valence-corrected chi connectivity index (χ3v) is 2.93. The van der Waals surface area contributed by atoms with E-state index in [2.05, 4.69) is 19.9 Å². The lowest BCUT2D eigenvalue weighted by Crippen LogP contribution is -1.93. The number of phenols is 1. The van der Waals surface area contributed by atoms with E-state index < -0.39 is 0 Å². The summed E-state index contributed by atoms with van der Waals surface area (Å²) in [5, 5.41) is 9.37. The summed E-state index contributed by atoms with van der Waals surface area (Å²) in [6.45, 7) is 4.47. The van der Waals surface area contributed by atoms with Crippen molar-refractivity contribution >= 4 is 0 Å². The van der Waals surface area contributed by atoms with E-state index in [-0.39, 0.29) is 0 Å². The Morgan fingerprint density at radius 2 is 2.00 bits per heavy atom. The molecule has 0 aliphatic rings. The average Bonchev–Trinajstić information content (AvgIpc) is 2.24. The van der Waals surface area contributed by atoms with Gasteiger partial charge in [-0.05, 0) is 30.0 Å². The minimum absolute atomic E-state index is 0.382. The van der Waals surface area contributed by atoms with Gasteiger partial charge in [-0.3, -0.25) is 0 Å². The molecular weight excluding hydrogens is 184 g/mol. The maximum absolute atomic E-state index is 9.37. The molecule has 0 aromatic heterocycles. The molecule has 1 atom stereocenters. The Morgan fingerprint density at radius 3 is 2.67 bits per heavy atom. The second kappa shape index (κ2) is 6.49. The van der Waals surface area contributed by atoms with Gasteiger partial charge in [0, 0.05) is 0 Å². The Hall–Kier alpha value is -0.980. The predicted molar refractivity (Wildman–Crippen MR) is 65.3 cm³/mol. The van der Waals surface area contributed by atoms with Crippen LogP contribution in [0.15, 0.2) is 24.3 Å². The van der Waals surface area contributed by atoms with Gasteiger partial charge >= 0.3 is 0 Å². The van der Waals surface area contributed by atoms with Gasteiger partial charge in [0.15, 0.2) is 0 Å². The van der Waals surface area contributed by atoms with Crippen LogP contribution in [-0.2, 0) is 0 Å². The minimum Gasteiger partial charge on any atom is -0.508 e. The molecule has 0 radical (unpaired) electrons. The van der Waals surface area contributed by atoms with E-state index in [1.807, 2.05) is 12.1 Å². The van der Waals surface area contributed by atoms with Gasteiger partial charge in [-0.2, -0.15) is 0 Å². The van der Waals surface area contributed by atoms with E-state index in [4.69, 9.17) is 0 Å². The van der Waals surface area contributed by atoms with Crippen LogP contribution in [0.2, 0.25) is 0 Å². The molecular formula is C14H22O. The van der Waals surface area contributed by atoms with Gasteiger partial charge < -0.3 is 5.11 Å². The summed E-state index contributed by atoms with van der Waals surface area (Å²) in [7, 11) is 0. The molecule has 15 heavy (non-hydrogen) atoms. The molecule has 0 spiro atoms. The van der Waals surface area contributed by atoms with Crippen molar-refractivity contribution in [3.63, 3.8) is 0 Å². The molecule has 0 saturated carbocycles. The Labute approximate surface area is 93.1 Å². The average molecular weight is 206 g/mol. The van der Waals surface area contributed by atoms with Crippen LogP contribution in [0.25, 0.3) is 0 Å². The molecule has 0 amide bonds. The maximum Gasteiger partial charge on any atom is 0.115 e. The summed E-state index contributed by atoms with van der Waals surface area (Å²) < 4.78 is 0. The molecule has 1 heteroatoms. The monoisotopic (exact) mass is 206 g/mol. The molecule has 1 unspecified atom stereocenters. The Kier molecular flexibility index (Phi) is 5.23. The Balaban J connectivity index is 2.36. The van der Waals surface area contributed by atoms with Gasteiger partial charge in [0.1, 0.15) is 5.75 Å². The SMILES string of the molecule is CCCCCCC(C)c1cccc(O)c1. The second-order valence-corrected chi connectivity index (χ2v) is 4.35. The van der Waals surface area contributed by atoms with Gasteiger partial charge in [-0.15, -0.1) is 0 Å². The number of hydrogen-bond acceptors (Lipinski definition) is 1. The molecule has 0 aliphatic heterocycles. The molecule has 1 aromatic rings. The van der Waals surface area contributed by atoms with Gasteiger partial charge in [0.25, 0.3) is 0 Å². The van der Waals surface area contributed by atoms with Crippen LogP contribution in [0.3, 0.4) is 0 Å². The number of phenolic OH excluding ortho intramolecular Hbond substituents is 1. The Morgan fingerprint density at radius 1 is 1.20 bits per heavy atom. The summed E-state index contributed by atoms with van der Waals surface area (Å²) in [4.78, 5) is 0. The number of aromatic hydroxyl groups is 1. The highest BCUT2D eigenvalue weighted by atomic mass is 16.3. The highest BCUT2D eigenvalue weighted by molar-refractivity contribution is 5.29. The van der Waals surface area contributed by atoms with E-state index in [1.54, 1.807) is 6.07 Å². The summed E-state index contributed by atoms with van der Waals surface area (Å²) in [6.07, 6.45) is 6.49. The van der Waals surface area contributed by atoms with Crippen LogP contribution in [0.5, 0.6) is 5.75 Å². The highest BCUT2D eigenvalue weighted by Gasteiger charge is 2.05. The lowest BCUT2D eigenvalue weighted by Gasteiger charge is -2.11. The lowest BCUT2D eigenvalue weighted by molar-refractivity contribution is 0.473. The van der Waals surface area contributed by atoms with Crippen molar-refractivity contribution in [2.45, 2.75) is 51.9 Å². The van der Waals surface area contributed by atoms with E-state index >= 15 is 0 Å². The predicted octanol–water partition coefficient (Wildman–Crippen LogP) is 4.47. The molecule has 0 fully saturated rings. The number of rotatable bonds is 6. The van der Waals surface area contributed by atoms with Crippen molar-refractivity contribution in [1.29, 1.82) is 0 Å². The van der Waals surface area contributed by atoms with Crippen molar-refractivity contribution in [2.24, 2.45) is 0 Å². The molecule has 0 bridgehead atoms. The summed E-state index contributed by atoms with van der Waals surface area (Å²) >= 11 is 0. The van der Waals surface area contributed by atoms with E-state index in [9.17, 15) is 5.11 Å². The quantitative estimate of drug-likeness (QED) is 0.681. The molecule has 0 aliphatic carbocycles.